The standard InChI is InChI=1S/C19H19NO4/c1-12-5-6-13(2)20(12)15-9-7-14(8-10-15)11-16-17(21)23-19(3,4)24-18(16)22/h5-11H,1-4H3. The highest BCUT2D eigenvalue weighted by Gasteiger charge is 2.38. The number of nitrogens with zero attached hydrogens (tertiary/aromatic N) is 1. The van der Waals surface area contributed by atoms with Crippen LogP contribution < -0.4 is 0 Å². The number of ether oxygens (including phenoxy) is 2. The molecular weight excluding hydrogens is 306 g/mol. The molecule has 0 aliphatic carbocycles. The van der Waals surface area contributed by atoms with Crippen LogP contribution in [0.5, 0.6) is 0 Å². The molecule has 0 bridgehead atoms. The molecule has 5 heteroatoms. The summed E-state index contributed by atoms with van der Waals surface area (Å²) in [5, 5.41) is 0. The molecular formula is C19H19NO4. The quantitative estimate of drug-likeness (QED) is 0.483. The summed E-state index contributed by atoms with van der Waals surface area (Å²) in [5.74, 6) is -2.56. The Kier molecular flexibility index (Phi) is 3.79. The molecule has 5 nitrogen and oxygen atoms in total. The third-order valence-corrected chi connectivity index (χ3v) is 3.85. The highest BCUT2D eigenvalue weighted by Crippen LogP contribution is 2.24. The van der Waals surface area contributed by atoms with Crippen molar-refractivity contribution in [3.8, 4) is 5.69 Å². The Morgan fingerprint density at radius 3 is 1.88 bits per heavy atom. The van der Waals surface area contributed by atoms with Crippen LogP contribution in [-0.4, -0.2) is 22.3 Å². The van der Waals surface area contributed by atoms with Gasteiger partial charge in [0.25, 0.3) is 5.79 Å². The van der Waals surface area contributed by atoms with Gasteiger partial charge in [-0.25, -0.2) is 9.59 Å². The predicted molar refractivity (Wildman–Crippen MR) is 89.5 cm³/mol. The zero-order chi connectivity index (χ0) is 17.5. The lowest BCUT2D eigenvalue weighted by molar-refractivity contribution is -0.222. The lowest BCUT2D eigenvalue weighted by Crippen LogP contribution is -2.41. The van der Waals surface area contributed by atoms with E-state index in [2.05, 4.69) is 16.7 Å². The predicted octanol–water partition coefficient (Wildman–Crippen LogP) is 3.31. The number of rotatable bonds is 2. The van der Waals surface area contributed by atoms with Crippen LogP contribution in [0.2, 0.25) is 0 Å². The fourth-order valence-electron chi connectivity index (χ4n) is 2.74. The lowest BCUT2D eigenvalue weighted by Gasteiger charge is -2.29. The van der Waals surface area contributed by atoms with Gasteiger partial charge in [-0.1, -0.05) is 12.1 Å². The van der Waals surface area contributed by atoms with Gasteiger partial charge < -0.3 is 14.0 Å². The average Bonchev–Trinajstić information content (AvgIpc) is 2.82. The largest absolute Gasteiger partial charge is 0.419 e. The molecule has 0 amide bonds. The van der Waals surface area contributed by atoms with E-state index in [9.17, 15) is 9.59 Å². The highest BCUT2D eigenvalue weighted by molar-refractivity contribution is 6.18. The maximum absolute atomic E-state index is 12.0. The molecule has 1 aromatic heterocycles. The number of aryl methyl sites for hydroxylation is 2. The van der Waals surface area contributed by atoms with Crippen molar-refractivity contribution < 1.29 is 19.1 Å². The number of benzene rings is 1. The molecule has 0 N–H and O–H groups in total. The van der Waals surface area contributed by atoms with Crippen molar-refractivity contribution >= 4 is 18.0 Å². The third-order valence-electron chi connectivity index (χ3n) is 3.85. The lowest BCUT2D eigenvalue weighted by atomic mass is 10.1. The number of esters is 2. The van der Waals surface area contributed by atoms with Gasteiger partial charge in [-0.05, 0) is 49.8 Å². The Morgan fingerprint density at radius 2 is 1.38 bits per heavy atom. The third kappa shape index (κ3) is 2.97. The van der Waals surface area contributed by atoms with Crippen molar-refractivity contribution in [1.82, 2.24) is 4.57 Å². The van der Waals surface area contributed by atoms with Crippen LogP contribution >= 0.6 is 0 Å². The molecule has 2 aromatic rings. The van der Waals surface area contributed by atoms with Gasteiger partial charge in [0, 0.05) is 30.9 Å². The molecule has 0 radical (unpaired) electrons. The molecule has 0 atom stereocenters. The van der Waals surface area contributed by atoms with E-state index in [0.717, 1.165) is 22.6 Å². The van der Waals surface area contributed by atoms with Gasteiger partial charge in [0.2, 0.25) is 0 Å². The summed E-state index contributed by atoms with van der Waals surface area (Å²) in [6, 6.07) is 11.7. The second-order valence-corrected chi connectivity index (χ2v) is 6.28. The smallest absolute Gasteiger partial charge is 0.348 e. The second kappa shape index (κ2) is 5.67. The number of carbonyl (C=O) groups excluding carboxylic acids is 2. The number of hydrogen-bond acceptors (Lipinski definition) is 4. The number of hydrogen-bond donors (Lipinski definition) is 0. The normalized spacial score (nSPS) is 16.6. The maximum Gasteiger partial charge on any atom is 0.348 e. The molecule has 1 fully saturated rings. The fraction of sp³-hybridized carbons (Fsp3) is 0.263. The molecule has 0 saturated carbocycles. The topological polar surface area (TPSA) is 57.5 Å². The molecule has 124 valence electrons. The Balaban J connectivity index is 1.89. The van der Waals surface area contributed by atoms with Gasteiger partial charge in [0.05, 0.1) is 0 Å². The Labute approximate surface area is 140 Å². The number of aromatic nitrogens is 1. The number of carbonyl (C=O) groups is 2. The zero-order valence-corrected chi connectivity index (χ0v) is 14.1. The van der Waals surface area contributed by atoms with Crippen LogP contribution in [0.3, 0.4) is 0 Å². The molecule has 1 aliphatic heterocycles. The van der Waals surface area contributed by atoms with Crippen molar-refractivity contribution in [3.05, 3.63) is 58.9 Å². The summed E-state index contributed by atoms with van der Waals surface area (Å²) in [4.78, 5) is 23.9. The van der Waals surface area contributed by atoms with Gasteiger partial charge in [-0.3, -0.25) is 0 Å². The van der Waals surface area contributed by atoms with Gasteiger partial charge in [-0.2, -0.15) is 0 Å². The summed E-state index contributed by atoms with van der Waals surface area (Å²) in [6.45, 7) is 7.13. The highest BCUT2D eigenvalue weighted by atomic mass is 16.7. The van der Waals surface area contributed by atoms with Crippen molar-refractivity contribution in [3.63, 3.8) is 0 Å². The summed E-state index contributed by atoms with van der Waals surface area (Å²) >= 11 is 0. The monoisotopic (exact) mass is 325 g/mol. The van der Waals surface area contributed by atoms with Crippen molar-refractivity contribution in [2.24, 2.45) is 0 Å². The molecule has 1 aromatic carbocycles. The summed E-state index contributed by atoms with van der Waals surface area (Å²) in [6.07, 6.45) is 1.49. The van der Waals surface area contributed by atoms with E-state index in [1.54, 1.807) is 0 Å². The first-order chi connectivity index (χ1) is 11.3. The molecule has 1 aliphatic rings. The van der Waals surface area contributed by atoms with E-state index in [0.29, 0.717) is 0 Å². The molecule has 2 heterocycles. The first-order valence-corrected chi connectivity index (χ1v) is 7.70. The minimum atomic E-state index is -1.22. The molecule has 0 spiro atoms. The SMILES string of the molecule is Cc1ccc(C)n1-c1ccc(C=C2C(=O)OC(C)(C)OC2=O)cc1. The van der Waals surface area contributed by atoms with Crippen LogP contribution in [0.1, 0.15) is 30.8 Å². The van der Waals surface area contributed by atoms with Gasteiger partial charge in [-0.15, -0.1) is 0 Å². The Bertz CT molecular complexity index is 799. The van der Waals surface area contributed by atoms with E-state index < -0.39 is 17.7 Å². The zero-order valence-electron chi connectivity index (χ0n) is 14.1. The van der Waals surface area contributed by atoms with Crippen LogP contribution in [0.25, 0.3) is 11.8 Å². The Hall–Kier alpha value is -2.82. The van der Waals surface area contributed by atoms with Crippen molar-refractivity contribution in [1.29, 1.82) is 0 Å². The van der Waals surface area contributed by atoms with Crippen LogP contribution in [-0.2, 0) is 19.1 Å². The number of cyclic esters (lactones) is 2. The molecule has 0 unspecified atom stereocenters. The van der Waals surface area contributed by atoms with E-state index in [4.69, 9.17) is 9.47 Å². The van der Waals surface area contributed by atoms with E-state index in [-0.39, 0.29) is 5.57 Å². The molecule has 1 saturated heterocycles. The van der Waals surface area contributed by atoms with Gasteiger partial charge in [0.1, 0.15) is 5.57 Å². The first kappa shape index (κ1) is 16.1. The van der Waals surface area contributed by atoms with Gasteiger partial charge >= 0.3 is 11.9 Å². The minimum Gasteiger partial charge on any atom is -0.419 e. The summed E-state index contributed by atoms with van der Waals surface area (Å²) in [5.41, 5.74) is 3.92. The average molecular weight is 325 g/mol. The van der Waals surface area contributed by atoms with Crippen LogP contribution in [0, 0.1) is 13.8 Å². The van der Waals surface area contributed by atoms with E-state index in [1.165, 1.54) is 19.9 Å². The Morgan fingerprint density at radius 1 is 0.875 bits per heavy atom. The summed E-state index contributed by atoms with van der Waals surface area (Å²) < 4.78 is 12.3. The van der Waals surface area contributed by atoms with Crippen LogP contribution in [0.15, 0.2) is 42.0 Å². The first-order valence-electron chi connectivity index (χ1n) is 7.70. The van der Waals surface area contributed by atoms with E-state index >= 15 is 0 Å². The van der Waals surface area contributed by atoms with Gasteiger partial charge in [0.15, 0.2) is 0 Å². The van der Waals surface area contributed by atoms with Crippen molar-refractivity contribution in [2.45, 2.75) is 33.5 Å². The van der Waals surface area contributed by atoms with E-state index in [1.807, 2.05) is 38.1 Å². The summed E-state index contributed by atoms with van der Waals surface area (Å²) in [7, 11) is 0. The van der Waals surface area contributed by atoms with Crippen LogP contribution in [0.4, 0.5) is 0 Å². The fourth-order valence-corrected chi connectivity index (χ4v) is 2.74. The van der Waals surface area contributed by atoms with Crippen molar-refractivity contribution in [2.75, 3.05) is 0 Å². The minimum absolute atomic E-state index is 0.101. The molecule has 24 heavy (non-hydrogen) atoms. The maximum atomic E-state index is 12.0. The second-order valence-electron chi connectivity index (χ2n) is 6.28. The molecule has 3 rings (SSSR count).